The quantitative estimate of drug-likeness (QED) is 0.176. The molecule has 7 rings (SSSR count). The van der Waals surface area contributed by atoms with Crippen LogP contribution in [0.5, 0.6) is 0 Å². The number of hydrogen-bond donors (Lipinski definition) is 0. The molecule has 0 bridgehead atoms. The molecule has 0 fully saturated rings. The van der Waals surface area contributed by atoms with Gasteiger partial charge in [-0.2, -0.15) is 0 Å². The second-order valence-corrected chi connectivity index (χ2v) is 14.8. The molecule has 278 valence electrons. The van der Waals surface area contributed by atoms with Crippen LogP contribution in [0.2, 0.25) is 0 Å². The molecular formula is C49H52N6. The molecule has 0 radical (unpaired) electrons. The molecule has 0 saturated carbocycles. The fourth-order valence-corrected chi connectivity index (χ4v) is 7.94. The maximum atomic E-state index is 5.38. The minimum absolute atomic E-state index is 0.700. The van der Waals surface area contributed by atoms with E-state index in [-0.39, 0.29) is 0 Å². The van der Waals surface area contributed by atoms with Crippen molar-refractivity contribution in [1.29, 1.82) is 0 Å². The Morgan fingerprint density at radius 3 is 0.800 bits per heavy atom. The van der Waals surface area contributed by atoms with Crippen LogP contribution in [0.1, 0.15) is 72.3 Å². The van der Waals surface area contributed by atoms with Crippen molar-refractivity contribution in [2.24, 2.45) is 0 Å². The van der Waals surface area contributed by atoms with E-state index in [0.29, 0.717) is 17.5 Å². The van der Waals surface area contributed by atoms with E-state index in [2.05, 4.69) is 107 Å². The van der Waals surface area contributed by atoms with E-state index in [1.807, 2.05) is 54.9 Å². The van der Waals surface area contributed by atoms with Crippen LogP contribution in [0.25, 0.3) is 56.7 Å². The number of nitrogens with zero attached hydrogens (tertiary/aromatic N) is 6. The lowest BCUT2D eigenvalue weighted by Gasteiger charge is -2.23. The Morgan fingerprint density at radius 1 is 0.273 bits per heavy atom. The lowest BCUT2D eigenvalue weighted by Crippen LogP contribution is -2.09. The minimum Gasteiger partial charge on any atom is -0.265 e. The molecule has 4 aromatic heterocycles. The number of hydrogen-bond acceptors (Lipinski definition) is 6. The SMILES string of the molecule is Cc1c(C)c(C)c(-c2nc(-c3c(C)c(C)c(-c4ccccn4)c(C)c3C)nc(-c3c(C)c(C)c(-c4ccccn4)c(C)c3C)n2)c(C)c1C.c1ccncc1. The third-order valence-electron chi connectivity index (χ3n) is 12.0. The first-order valence-corrected chi connectivity index (χ1v) is 19.0. The largest absolute Gasteiger partial charge is 0.265 e. The Bertz CT molecular complexity index is 2300. The van der Waals surface area contributed by atoms with Crippen molar-refractivity contribution in [1.82, 2.24) is 29.9 Å². The fourth-order valence-electron chi connectivity index (χ4n) is 7.94. The first-order valence-electron chi connectivity index (χ1n) is 19.0. The summed E-state index contributed by atoms with van der Waals surface area (Å²) in [5.74, 6) is 2.12. The Balaban J connectivity index is 0.000000782. The monoisotopic (exact) mass is 724 g/mol. The summed E-state index contributed by atoms with van der Waals surface area (Å²) in [7, 11) is 0. The van der Waals surface area contributed by atoms with Gasteiger partial charge in [0, 0.05) is 52.6 Å². The summed E-state index contributed by atoms with van der Waals surface area (Å²) in [6, 6.07) is 17.9. The lowest BCUT2D eigenvalue weighted by atomic mass is 9.86. The Morgan fingerprint density at radius 2 is 0.545 bits per heavy atom. The molecule has 0 atom stereocenters. The number of benzene rings is 3. The summed E-state index contributed by atoms with van der Waals surface area (Å²) >= 11 is 0. The van der Waals surface area contributed by atoms with Gasteiger partial charge in [0.25, 0.3) is 0 Å². The summed E-state index contributed by atoms with van der Waals surface area (Å²) in [5.41, 5.74) is 23.2. The van der Waals surface area contributed by atoms with Crippen molar-refractivity contribution in [2.45, 2.75) is 90.0 Å². The van der Waals surface area contributed by atoms with E-state index in [0.717, 1.165) is 50.3 Å². The van der Waals surface area contributed by atoms with Gasteiger partial charge in [0.05, 0.1) is 11.4 Å². The summed E-state index contributed by atoms with van der Waals surface area (Å²) < 4.78 is 0. The average molecular weight is 725 g/mol. The van der Waals surface area contributed by atoms with Crippen molar-refractivity contribution in [3.63, 3.8) is 0 Å². The van der Waals surface area contributed by atoms with Crippen molar-refractivity contribution in [3.05, 3.63) is 152 Å². The summed E-state index contributed by atoms with van der Waals surface area (Å²) in [4.78, 5) is 29.3. The van der Waals surface area contributed by atoms with Crippen LogP contribution in [0.4, 0.5) is 0 Å². The second-order valence-electron chi connectivity index (χ2n) is 14.8. The molecular weight excluding hydrogens is 673 g/mol. The predicted octanol–water partition coefficient (Wildman–Crippen LogP) is 12.1. The topological polar surface area (TPSA) is 77.3 Å². The molecule has 55 heavy (non-hydrogen) atoms. The highest BCUT2D eigenvalue weighted by molar-refractivity contribution is 5.83. The normalized spacial score (nSPS) is 11.0. The van der Waals surface area contributed by atoms with Crippen molar-refractivity contribution >= 4 is 0 Å². The van der Waals surface area contributed by atoms with Gasteiger partial charge in [0.1, 0.15) is 0 Å². The summed E-state index contributed by atoms with van der Waals surface area (Å²) in [5, 5.41) is 0. The predicted molar refractivity (Wildman–Crippen MR) is 228 cm³/mol. The number of aromatic nitrogens is 6. The Hall–Kier alpha value is -5.88. The molecule has 6 heteroatoms. The van der Waals surface area contributed by atoms with Crippen molar-refractivity contribution in [2.75, 3.05) is 0 Å². The zero-order valence-electron chi connectivity index (χ0n) is 34.7. The van der Waals surface area contributed by atoms with E-state index >= 15 is 0 Å². The van der Waals surface area contributed by atoms with Crippen LogP contribution in [-0.2, 0) is 0 Å². The second kappa shape index (κ2) is 15.8. The van der Waals surface area contributed by atoms with E-state index in [1.54, 1.807) is 12.4 Å². The van der Waals surface area contributed by atoms with Crippen molar-refractivity contribution in [3.8, 4) is 56.7 Å². The third-order valence-corrected chi connectivity index (χ3v) is 12.0. The van der Waals surface area contributed by atoms with Crippen LogP contribution < -0.4 is 0 Å². The smallest absolute Gasteiger partial charge is 0.164 e. The molecule has 0 aliphatic rings. The van der Waals surface area contributed by atoms with E-state index < -0.39 is 0 Å². The first kappa shape index (κ1) is 38.8. The Labute approximate surface area is 327 Å². The molecule has 0 spiro atoms. The first-order chi connectivity index (χ1) is 26.3. The van der Waals surface area contributed by atoms with Gasteiger partial charge < -0.3 is 0 Å². The molecule has 0 amide bonds. The molecule has 0 aliphatic carbocycles. The molecule has 0 aliphatic heterocycles. The highest BCUT2D eigenvalue weighted by Gasteiger charge is 2.26. The van der Waals surface area contributed by atoms with Crippen LogP contribution >= 0.6 is 0 Å². The summed E-state index contributed by atoms with van der Waals surface area (Å²) in [6.45, 7) is 28.5. The van der Waals surface area contributed by atoms with Crippen LogP contribution in [0, 0.1) is 90.0 Å². The highest BCUT2D eigenvalue weighted by atomic mass is 15.0. The fraction of sp³-hybridized carbons (Fsp3) is 0.265. The van der Waals surface area contributed by atoms with Gasteiger partial charge in [-0.15, -0.1) is 0 Å². The van der Waals surface area contributed by atoms with E-state index in [1.165, 1.54) is 61.2 Å². The molecule has 7 aromatic rings. The highest BCUT2D eigenvalue weighted by Crippen LogP contribution is 2.42. The zero-order valence-corrected chi connectivity index (χ0v) is 34.7. The lowest BCUT2D eigenvalue weighted by molar-refractivity contribution is 1.04. The molecule has 4 heterocycles. The van der Waals surface area contributed by atoms with Crippen LogP contribution in [-0.4, -0.2) is 29.9 Å². The number of pyridine rings is 3. The summed E-state index contributed by atoms with van der Waals surface area (Å²) in [6.07, 6.45) is 7.22. The van der Waals surface area contributed by atoms with Gasteiger partial charge in [-0.05, 0) is 199 Å². The average Bonchev–Trinajstić information content (AvgIpc) is 3.20. The van der Waals surface area contributed by atoms with Crippen LogP contribution in [0.3, 0.4) is 0 Å². The molecule has 6 nitrogen and oxygen atoms in total. The maximum Gasteiger partial charge on any atom is 0.164 e. The minimum atomic E-state index is 0.700. The maximum absolute atomic E-state index is 5.38. The van der Waals surface area contributed by atoms with Gasteiger partial charge in [0.2, 0.25) is 0 Å². The molecule has 0 unspecified atom stereocenters. The van der Waals surface area contributed by atoms with E-state index in [4.69, 9.17) is 24.9 Å². The van der Waals surface area contributed by atoms with E-state index in [9.17, 15) is 0 Å². The molecule has 0 saturated heterocycles. The van der Waals surface area contributed by atoms with Gasteiger partial charge in [-0.3, -0.25) is 15.0 Å². The van der Waals surface area contributed by atoms with Gasteiger partial charge in [-0.1, -0.05) is 18.2 Å². The van der Waals surface area contributed by atoms with Gasteiger partial charge >= 0.3 is 0 Å². The van der Waals surface area contributed by atoms with Gasteiger partial charge in [0.15, 0.2) is 17.5 Å². The third kappa shape index (κ3) is 7.09. The standard InChI is InChI=1S/C44H47N5.C5H5N/c1-22-23(2)25(4)39(26(5)24(22)3)42-47-43(40-31(10)27(6)37(28(7)32(40)11)35-18-14-16-20-45-35)49-44(48-42)41-33(12)29(8)38(30(9)34(41)13)36-19-15-17-21-46-36;1-2-4-6-5-3-1/h14-21H,1-13H3;1-5H. The molecule has 3 aromatic carbocycles. The van der Waals surface area contributed by atoms with Crippen LogP contribution in [0.15, 0.2) is 79.4 Å². The van der Waals surface area contributed by atoms with Gasteiger partial charge in [-0.25, -0.2) is 15.0 Å². The Kier molecular flexibility index (Phi) is 11.2. The van der Waals surface area contributed by atoms with Crippen molar-refractivity contribution < 1.29 is 0 Å². The number of rotatable bonds is 5. The molecule has 0 N–H and O–H groups in total. The zero-order chi connectivity index (χ0) is 39.7.